The molecule has 0 fully saturated rings. The summed E-state index contributed by atoms with van der Waals surface area (Å²) < 4.78 is 13.5. The van der Waals surface area contributed by atoms with Gasteiger partial charge in [0.15, 0.2) is 5.96 Å². The number of nitrogens with one attached hydrogen (secondary N) is 2. The van der Waals surface area contributed by atoms with E-state index in [1.165, 1.54) is 6.07 Å². The van der Waals surface area contributed by atoms with Crippen LogP contribution in [0.2, 0.25) is 0 Å². The average Bonchev–Trinajstić information content (AvgIpc) is 2.64. The van der Waals surface area contributed by atoms with E-state index in [1.54, 1.807) is 24.3 Å². The molecular formula is C21H25FN4. The van der Waals surface area contributed by atoms with Crippen LogP contribution in [0.1, 0.15) is 37.5 Å². The highest BCUT2D eigenvalue weighted by molar-refractivity contribution is 5.79. The van der Waals surface area contributed by atoms with Crippen LogP contribution in [-0.4, -0.2) is 19.0 Å². The lowest BCUT2D eigenvalue weighted by atomic mass is 9.84. The van der Waals surface area contributed by atoms with Gasteiger partial charge in [0, 0.05) is 18.5 Å². The summed E-state index contributed by atoms with van der Waals surface area (Å²) in [7, 11) is 0. The summed E-state index contributed by atoms with van der Waals surface area (Å²) in [6.07, 6.45) is 0. The number of benzene rings is 2. The fraction of sp³-hybridized carbons (Fsp3) is 0.333. The molecule has 0 saturated heterocycles. The van der Waals surface area contributed by atoms with Gasteiger partial charge in [-0.1, -0.05) is 38.1 Å². The summed E-state index contributed by atoms with van der Waals surface area (Å²) in [5, 5.41) is 15.4. The minimum absolute atomic E-state index is 0.225. The maximum absolute atomic E-state index is 13.5. The van der Waals surface area contributed by atoms with Gasteiger partial charge in [0.25, 0.3) is 0 Å². The lowest BCUT2D eigenvalue weighted by Crippen LogP contribution is -2.43. The van der Waals surface area contributed by atoms with Crippen LogP contribution < -0.4 is 10.6 Å². The highest BCUT2D eigenvalue weighted by atomic mass is 19.1. The average molecular weight is 352 g/mol. The zero-order valence-corrected chi connectivity index (χ0v) is 15.5. The van der Waals surface area contributed by atoms with Gasteiger partial charge in [0.05, 0.1) is 18.2 Å². The molecule has 0 aromatic heterocycles. The van der Waals surface area contributed by atoms with E-state index < -0.39 is 0 Å². The van der Waals surface area contributed by atoms with Gasteiger partial charge in [-0.05, 0) is 42.3 Å². The van der Waals surface area contributed by atoms with Crippen LogP contribution in [0.3, 0.4) is 0 Å². The maximum Gasteiger partial charge on any atom is 0.191 e. The highest BCUT2D eigenvalue weighted by Crippen LogP contribution is 2.22. The first-order chi connectivity index (χ1) is 12.4. The third-order valence-electron chi connectivity index (χ3n) is 4.15. The van der Waals surface area contributed by atoms with Crippen LogP contribution in [0, 0.1) is 17.1 Å². The number of nitrogens with zero attached hydrogens (tertiary/aromatic N) is 2. The molecule has 0 bridgehead atoms. The van der Waals surface area contributed by atoms with Crippen molar-refractivity contribution in [2.45, 2.75) is 32.7 Å². The highest BCUT2D eigenvalue weighted by Gasteiger charge is 2.21. The number of nitriles is 1. The zero-order valence-electron chi connectivity index (χ0n) is 15.5. The minimum Gasteiger partial charge on any atom is -0.357 e. The first-order valence-electron chi connectivity index (χ1n) is 8.72. The molecule has 26 heavy (non-hydrogen) atoms. The summed E-state index contributed by atoms with van der Waals surface area (Å²) in [4.78, 5) is 4.59. The van der Waals surface area contributed by atoms with Gasteiger partial charge in [-0.15, -0.1) is 0 Å². The van der Waals surface area contributed by atoms with Crippen molar-refractivity contribution < 1.29 is 4.39 Å². The van der Waals surface area contributed by atoms with E-state index in [2.05, 4.69) is 35.5 Å². The molecule has 0 amide bonds. The van der Waals surface area contributed by atoms with Gasteiger partial charge in [-0.2, -0.15) is 5.26 Å². The summed E-state index contributed by atoms with van der Waals surface area (Å²) in [5.41, 5.74) is 2.37. The van der Waals surface area contributed by atoms with E-state index in [4.69, 9.17) is 5.26 Å². The molecule has 0 aliphatic rings. The molecule has 0 aliphatic carbocycles. The number of hydrogen-bond acceptors (Lipinski definition) is 2. The van der Waals surface area contributed by atoms with Crippen molar-refractivity contribution >= 4 is 5.96 Å². The van der Waals surface area contributed by atoms with E-state index in [0.717, 1.165) is 17.7 Å². The molecule has 0 atom stereocenters. The summed E-state index contributed by atoms with van der Waals surface area (Å²) in [6, 6.07) is 16.2. The van der Waals surface area contributed by atoms with Crippen molar-refractivity contribution in [1.29, 1.82) is 5.26 Å². The Morgan fingerprint density at radius 2 is 1.88 bits per heavy atom. The number of halogens is 1. The fourth-order valence-electron chi connectivity index (χ4n) is 2.51. The molecule has 2 aromatic carbocycles. The van der Waals surface area contributed by atoms with E-state index in [1.807, 2.05) is 25.1 Å². The molecule has 0 unspecified atom stereocenters. The first-order valence-corrected chi connectivity index (χ1v) is 8.72. The third kappa shape index (κ3) is 5.59. The Morgan fingerprint density at radius 3 is 2.50 bits per heavy atom. The second-order valence-corrected chi connectivity index (χ2v) is 6.75. The quantitative estimate of drug-likeness (QED) is 0.615. The van der Waals surface area contributed by atoms with E-state index in [0.29, 0.717) is 24.6 Å². The van der Waals surface area contributed by atoms with Gasteiger partial charge in [0.1, 0.15) is 5.82 Å². The van der Waals surface area contributed by atoms with Crippen molar-refractivity contribution in [2.24, 2.45) is 4.99 Å². The number of hydrogen-bond donors (Lipinski definition) is 2. The monoisotopic (exact) mass is 352 g/mol. The third-order valence-corrected chi connectivity index (χ3v) is 4.15. The van der Waals surface area contributed by atoms with Crippen LogP contribution in [0.4, 0.5) is 4.39 Å². The van der Waals surface area contributed by atoms with Crippen molar-refractivity contribution in [3.63, 3.8) is 0 Å². The Hall–Kier alpha value is -2.87. The largest absolute Gasteiger partial charge is 0.357 e. The second kappa shape index (κ2) is 9.00. The normalized spacial score (nSPS) is 11.7. The van der Waals surface area contributed by atoms with E-state index >= 15 is 0 Å². The first kappa shape index (κ1) is 19.5. The standard InChI is InChI=1S/C21H25FN4/c1-4-24-20(25-14-17-10-8-16(13-23)9-11-17)26-15-21(2,3)18-6-5-7-19(22)12-18/h5-12H,4,14-15H2,1-3H3,(H2,24,25,26). The topological polar surface area (TPSA) is 60.2 Å². The molecule has 4 nitrogen and oxygen atoms in total. The molecule has 0 spiro atoms. The maximum atomic E-state index is 13.5. The summed E-state index contributed by atoms with van der Waals surface area (Å²) in [6.45, 7) is 8.03. The van der Waals surface area contributed by atoms with Crippen molar-refractivity contribution in [2.75, 3.05) is 13.1 Å². The predicted molar refractivity (Wildman–Crippen MR) is 103 cm³/mol. The Morgan fingerprint density at radius 1 is 1.15 bits per heavy atom. The van der Waals surface area contributed by atoms with Crippen LogP contribution in [0.5, 0.6) is 0 Å². The van der Waals surface area contributed by atoms with Gasteiger partial charge in [-0.25, -0.2) is 9.38 Å². The number of aliphatic imine (C=N–C) groups is 1. The van der Waals surface area contributed by atoms with Crippen LogP contribution >= 0.6 is 0 Å². The molecule has 2 aromatic rings. The smallest absolute Gasteiger partial charge is 0.191 e. The summed E-state index contributed by atoms with van der Waals surface area (Å²) >= 11 is 0. The Kier molecular flexibility index (Phi) is 6.74. The van der Waals surface area contributed by atoms with Gasteiger partial charge in [-0.3, -0.25) is 0 Å². The molecule has 2 N–H and O–H groups in total. The predicted octanol–water partition coefficient (Wildman–Crippen LogP) is 3.73. The number of rotatable bonds is 6. The Balaban J connectivity index is 2.03. The molecule has 2 rings (SSSR count). The summed E-state index contributed by atoms with van der Waals surface area (Å²) in [5.74, 6) is 0.485. The fourth-order valence-corrected chi connectivity index (χ4v) is 2.51. The lowest BCUT2D eigenvalue weighted by Gasteiger charge is -2.27. The van der Waals surface area contributed by atoms with E-state index in [9.17, 15) is 4.39 Å². The van der Waals surface area contributed by atoms with Crippen LogP contribution in [0.25, 0.3) is 0 Å². The molecule has 136 valence electrons. The second-order valence-electron chi connectivity index (χ2n) is 6.75. The van der Waals surface area contributed by atoms with Crippen molar-refractivity contribution in [3.8, 4) is 6.07 Å². The number of guanidine groups is 1. The van der Waals surface area contributed by atoms with Crippen LogP contribution in [-0.2, 0) is 12.0 Å². The molecule has 0 aliphatic heterocycles. The van der Waals surface area contributed by atoms with Gasteiger partial charge < -0.3 is 10.6 Å². The SMILES string of the molecule is CCNC(=NCc1ccc(C#N)cc1)NCC(C)(C)c1cccc(F)c1. The van der Waals surface area contributed by atoms with Gasteiger partial charge >= 0.3 is 0 Å². The molecule has 0 heterocycles. The van der Waals surface area contributed by atoms with Crippen molar-refractivity contribution in [1.82, 2.24) is 10.6 Å². The van der Waals surface area contributed by atoms with Gasteiger partial charge in [0.2, 0.25) is 0 Å². The lowest BCUT2D eigenvalue weighted by molar-refractivity contribution is 0.503. The molecular weight excluding hydrogens is 327 g/mol. The van der Waals surface area contributed by atoms with E-state index in [-0.39, 0.29) is 11.2 Å². The Bertz CT molecular complexity index is 788. The Labute approximate surface area is 154 Å². The molecule has 0 saturated carbocycles. The zero-order chi connectivity index (χ0) is 19.0. The minimum atomic E-state index is -0.243. The van der Waals surface area contributed by atoms with Crippen molar-refractivity contribution in [3.05, 3.63) is 71.0 Å². The van der Waals surface area contributed by atoms with Crippen LogP contribution in [0.15, 0.2) is 53.5 Å². The molecule has 5 heteroatoms. The molecule has 0 radical (unpaired) electrons.